The van der Waals surface area contributed by atoms with E-state index in [-0.39, 0.29) is 0 Å². The van der Waals surface area contributed by atoms with Crippen LogP contribution in [0.3, 0.4) is 0 Å². The molecule has 0 radical (unpaired) electrons. The number of benzene rings is 2. The summed E-state index contributed by atoms with van der Waals surface area (Å²) in [5.74, 6) is 0.328. The molecule has 0 saturated heterocycles. The van der Waals surface area contributed by atoms with Gasteiger partial charge in [0.2, 0.25) is 0 Å². The monoisotopic (exact) mass is 233 g/mol. The Kier molecular flexibility index (Phi) is 1.79. The molecule has 1 heterocycles. The van der Waals surface area contributed by atoms with Crippen molar-refractivity contribution in [3.05, 3.63) is 42.0 Å². The van der Waals surface area contributed by atoms with E-state index < -0.39 is 10.3 Å². The van der Waals surface area contributed by atoms with Crippen LogP contribution in [0.5, 0.6) is 5.75 Å². The summed E-state index contributed by atoms with van der Waals surface area (Å²) in [7, 11) is -3.80. The van der Waals surface area contributed by atoms with Gasteiger partial charge in [-0.25, -0.2) is 0 Å². The van der Waals surface area contributed by atoms with E-state index in [2.05, 4.69) is 4.40 Å². The second-order valence-electron chi connectivity index (χ2n) is 3.44. The molecule has 80 valence electrons. The lowest BCUT2D eigenvalue weighted by molar-refractivity contribution is 0.486. The zero-order valence-corrected chi connectivity index (χ0v) is 8.94. The molecule has 1 aliphatic heterocycles. The molecule has 0 aliphatic carbocycles. The summed E-state index contributed by atoms with van der Waals surface area (Å²) in [5, 5.41) is 1.95. The minimum Gasteiger partial charge on any atom is -0.365 e. The fraction of sp³-hybridized carbons (Fsp3) is 0. The summed E-state index contributed by atoms with van der Waals surface area (Å²) >= 11 is 0. The van der Waals surface area contributed by atoms with Crippen molar-refractivity contribution in [2.75, 3.05) is 0 Å². The average molecular weight is 233 g/mol. The van der Waals surface area contributed by atoms with Gasteiger partial charge in [-0.15, -0.1) is 4.40 Å². The summed E-state index contributed by atoms with van der Waals surface area (Å²) < 4.78 is 30.4. The number of rotatable bonds is 0. The van der Waals surface area contributed by atoms with Crippen molar-refractivity contribution in [2.24, 2.45) is 4.40 Å². The van der Waals surface area contributed by atoms with E-state index in [1.54, 1.807) is 6.07 Å². The summed E-state index contributed by atoms with van der Waals surface area (Å²) in [6, 6.07) is 11.1. The molecule has 0 bridgehead atoms. The van der Waals surface area contributed by atoms with Gasteiger partial charge >= 0.3 is 10.3 Å². The third kappa shape index (κ3) is 1.37. The number of hydrogen-bond acceptors (Lipinski definition) is 3. The third-order valence-electron chi connectivity index (χ3n) is 2.44. The number of fused-ring (bicyclic) bond motifs is 3. The molecule has 4 nitrogen and oxygen atoms in total. The molecule has 0 aromatic heterocycles. The second-order valence-corrected chi connectivity index (χ2v) is 4.68. The maximum atomic E-state index is 11.1. The smallest absolute Gasteiger partial charge is 0.365 e. The van der Waals surface area contributed by atoms with Gasteiger partial charge in [-0.3, -0.25) is 0 Å². The Morgan fingerprint density at radius 2 is 1.88 bits per heavy atom. The first kappa shape index (κ1) is 9.35. The van der Waals surface area contributed by atoms with E-state index >= 15 is 0 Å². The van der Waals surface area contributed by atoms with Gasteiger partial charge in [-0.05, 0) is 16.8 Å². The van der Waals surface area contributed by atoms with Crippen molar-refractivity contribution in [1.82, 2.24) is 0 Å². The van der Waals surface area contributed by atoms with Crippen LogP contribution < -0.4 is 4.18 Å². The fourth-order valence-corrected chi connectivity index (χ4v) is 2.38. The highest BCUT2D eigenvalue weighted by molar-refractivity contribution is 7.86. The Morgan fingerprint density at radius 3 is 2.75 bits per heavy atom. The van der Waals surface area contributed by atoms with Crippen molar-refractivity contribution < 1.29 is 12.6 Å². The summed E-state index contributed by atoms with van der Waals surface area (Å²) in [6.07, 6.45) is 1.33. The molecule has 0 atom stereocenters. The molecule has 0 fully saturated rings. The van der Waals surface area contributed by atoms with Gasteiger partial charge in [-0.2, -0.15) is 8.42 Å². The van der Waals surface area contributed by atoms with Gasteiger partial charge in [0.15, 0.2) is 5.75 Å². The molecule has 5 heteroatoms. The van der Waals surface area contributed by atoms with Crippen LogP contribution in [0.25, 0.3) is 10.8 Å². The Labute approximate surface area is 92.5 Å². The summed E-state index contributed by atoms with van der Waals surface area (Å²) in [4.78, 5) is 0. The van der Waals surface area contributed by atoms with Crippen LogP contribution in [0.4, 0.5) is 0 Å². The quantitative estimate of drug-likeness (QED) is 0.698. The van der Waals surface area contributed by atoms with Crippen LogP contribution in [0.15, 0.2) is 40.8 Å². The third-order valence-corrected chi connectivity index (χ3v) is 3.19. The Morgan fingerprint density at radius 1 is 1.06 bits per heavy atom. The van der Waals surface area contributed by atoms with Crippen LogP contribution in [-0.2, 0) is 10.3 Å². The molecule has 0 spiro atoms. The van der Waals surface area contributed by atoms with Gasteiger partial charge in [0.1, 0.15) is 0 Å². The van der Waals surface area contributed by atoms with Crippen LogP contribution >= 0.6 is 0 Å². The van der Waals surface area contributed by atoms with Crippen LogP contribution in [-0.4, -0.2) is 14.6 Å². The van der Waals surface area contributed by atoms with E-state index in [0.717, 1.165) is 10.8 Å². The fourth-order valence-electron chi connectivity index (χ4n) is 1.73. The van der Waals surface area contributed by atoms with E-state index in [0.29, 0.717) is 11.3 Å². The van der Waals surface area contributed by atoms with E-state index in [1.807, 2.05) is 30.3 Å². The first-order valence-electron chi connectivity index (χ1n) is 4.67. The molecule has 1 aliphatic rings. The van der Waals surface area contributed by atoms with Crippen LogP contribution in [0.1, 0.15) is 5.56 Å². The van der Waals surface area contributed by atoms with Gasteiger partial charge in [0, 0.05) is 5.56 Å². The van der Waals surface area contributed by atoms with Crippen LogP contribution in [0.2, 0.25) is 0 Å². The van der Waals surface area contributed by atoms with Gasteiger partial charge in [0.25, 0.3) is 0 Å². The first-order chi connectivity index (χ1) is 7.66. The van der Waals surface area contributed by atoms with Crippen molar-refractivity contribution >= 4 is 27.3 Å². The number of nitrogens with zero attached hydrogens (tertiary/aromatic N) is 1. The highest BCUT2D eigenvalue weighted by Gasteiger charge is 2.19. The molecule has 0 amide bonds. The zero-order chi connectivity index (χ0) is 11.2. The molecule has 3 rings (SSSR count). The maximum absolute atomic E-state index is 11.1. The SMILES string of the molecule is O=S1(=O)N=Cc2c(ccc3ccccc23)O1. The van der Waals surface area contributed by atoms with Crippen molar-refractivity contribution in [1.29, 1.82) is 0 Å². The predicted molar refractivity (Wildman–Crippen MR) is 61.1 cm³/mol. The molecule has 2 aromatic rings. The first-order valence-corrected chi connectivity index (χ1v) is 6.04. The normalized spacial score (nSPS) is 16.8. The lowest BCUT2D eigenvalue weighted by Gasteiger charge is -2.12. The Bertz CT molecular complexity index is 704. The predicted octanol–water partition coefficient (Wildman–Crippen LogP) is 1.90. The summed E-state index contributed by atoms with van der Waals surface area (Å²) in [5.41, 5.74) is 0.702. The van der Waals surface area contributed by atoms with Gasteiger partial charge in [0.05, 0.1) is 6.21 Å². The average Bonchev–Trinajstić information content (AvgIpc) is 2.27. The Hall–Kier alpha value is -1.88. The van der Waals surface area contributed by atoms with Crippen molar-refractivity contribution in [3.63, 3.8) is 0 Å². The standard InChI is InChI=1S/C11H7NO3S/c13-16(14)12-7-10-9-4-2-1-3-8(9)5-6-11(10)15-16/h1-7H. The molecule has 0 N–H and O–H groups in total. The Balaban J connectivity index is 2.38. The summed E-state index contributed by atoms with van der Waals surface area (Å²) in [6.45, 7) is 0. The van der Waals surface area contributed by atoms with E-state index in [1.165, 1.54) is 6.21 Å². The molecule has 0 unspecified atom stereocenters. The minimum absolute atomic E-state index is 0.328. The van der Waals surface area contributed by atoms with Crippen LogP contribution in [0, 0.1) is 0 Å². The second kappa shape index (κ2) is 3.05. The molecular weight excluding hydrogens is 226 g/mol. The molecule has 16 heavy (non-hydrogen) atoms. The number of hydrogen-bond donors (Lipinski definition) is 0. The topological polar surface area (TPSA) is 55.7 Å². The van der Waals surface area contributed by atoms with Gasteiger partial charge in [-0.1, -0.05) is 30.3 Å². The highest BCUT2D eigenvalue weighted by Crippen LogP contribution is 2.30. The highest BCUT2D eigenvalue weighted by atomic mass is 32.2. The largest absolute Gasteiger partial charge is 0.428 e. The lowest BCUT2D eigenvalue weighted by atomic mass is 10.0. The van der Waals surface area contributed by atoms with Crippen molar-refractivity contribution in [2.45, 2.75) is 0 Å². The van der Waals surface area contributed by atoms with Gasteiger partial charge < -0.3 is 4.18 Å². The molecule has 0 saturated carbocycles. The maximum Gasteiger partial charge on any atom is 0.428 e. The van der Waals surface area contributed by atoms with Crippen molar-refractivity contribution in [3.8, 4) is 5.75 Å². The zero-order valence-electron chi connectivity index (χ0n) is 8.12. The minimum atomic E-state index is -3.80. The van der Waals surface area contributed by atoms with E-state index in [9.17, 15) is 8.42 Å². The van der Waals surface area contributed by atoms with E-state index in [4.69, 9.17) is 4.18 Å². The molecular formula is C11H7NO3S. The lowest BCUT2D eigenvalue weighted by Crippen LogP contribution is -2.12. The molecule has 2 aromatic carbocycles.